The van der Waals surface area contributed by atoms with Gasteiger partial charge >= 0.3 is 11.9 Å². The van der Waals surface area contributed by atoms with Crippen LogP contribution in [0.15, 0.2) is 66.2 Å². The van der Waals surface area contributed by atoms with Gasteiger partial charge in [0.1, 0.15) is 0 Å². The van der Waals surface area contributed by atoms with Crippen molar-refractivity contribution in [3.05, 3.63) is 77.4 Å². The van der Waals surface area contributed by atoms with E-state index in [2.05, 4.69) is 0 Å². The highest BCUT2D eigenvalue weighted by Gasteiger charge is 2.30. The first-order valence-corrected chi connectivity index (χ1v) is 7.75. The Morgan fingerprint density at radius 1 is 0.800 bits per heavy atom. The average molecular weight is 338 g/mol. The fourth-order valence-electron chi connectivity index (χ4n) is 2.32. The van der Waals surface area contributed by atoms with Gasteiger partial charge in [-0.2, -0.15) is 0 Å². The lowest BCUT2D eigenvalue weighted by Crippen LogP contribution is -2.22. The molecule has 2 rings (SSSR count). The Labute approximate surface area is 145 Å². The van der Waals surface area contributed by atoms with E-state index in [9.17, 15) is 14.4 Å². The Morgan fingerprint density at radius 3 is 1.80 bits per heavy atom. The topological polar surface area (TPSA) is 69.7 Å². The molecule has 0 saturated heterocycles. The Morgan fingerprint density at radius 2 is 1.32 bits per heavy atom. The maximum atomic E-state index is 13.0. The van der Waals surface area contributed by atoms with Gasteiger partial charge in [-0.25, -0.2) is 9.59 Å². The molecule has 0 saturated carbocycles. The number of Topliss-reactive ketones (excluding diaryl/α,β-unsaturated/α-hetero) is 1. The standard InChI is InChI=1S/C20H18O5/c1-3-25-20(23)17(19(22)24-2)16(14-10-6-4-7-11-14)18(21)15-12-8-5-9-13-15/h4-13H,3H2,1-2H3/b17-16+. The van der Waals surface area contributed by atoms with Gasteiger partial charge < -0.3 is 9.47 Å². The molecule has 0 atom stereocenters. The van der Waals surface area contributed by atoms with E-state index >= 15 is 0 Å². The molecule has 0 fully saturated rings. The van der Waals surface area contributed by atoms with Crippen LogP contribution < -0.4 is 0 Å². The molecule has 0 aliphatic heterocycles. The van der Waals surface area contributed by atoms with Crippen LogP contribution in [0, 0.1) is 0 Å². The molecule has 0 N–H and O–H groups in total. The summed E-state index contributed by atoms with van der Waals surface area (Å²) in [5, 5.41) is 0. The molecule has 0 unspecified atom stereocenters. The van der Waals surface area contributed by atoms with Crippen LogP contribution in [0.2, 0.25) is 0 Å². The van der Waals surface area contributed by atoms with Crippen LogP contribution in [0.1, 0.15) is 22.8 Å². The third-order valence-electron chi connectivity index (χ3n) is 3.44. The number of carbonyl (C=O) groups is 3. The summed E-state index contributed by atoms with van der Waals surface area (Å²) in [5.41, 5.74) is 0.332. The number of carbonyl (C=O) groups excluding carboxylic acids is 3. The van der Waals surface area contributed by atoms with E-state index in [-0.39, 0.29) is 12.2 Å². The van der Waals surface area contributed by atoms with Crippen LogP contribution in [-0.4, -0.2) is 31.4 Å². The minimum atomic E-state index is -0.915. The summed E-state index contributed by atoms with van der Waals surface area (Å²) in [6.45, 7) is 1.69. The first kappa shape index (κ1) is 18.1. The molecular weight excluding hydrogens is 320 g/mol. The van der Waals surface area contributed by atoms with E-state index in [0.717, 1.165) is 7.11 Å². The second kappa shape index (κ2) is 8.59. The third kappa shape index (κ3) is 4.20. The number of ketones is 1. The minimum Gasteiger partial charge on any atom is -0.465 e. The summed E-state index contributed by atoms with van der Waals surface area (Å²) in [7, 11) is 1.15. The predicted molar refractivity (Wildman–Crippen MR) is 92.8 cm³/mol. The van der Waals surface area contributed by atoms with Crippen LogP contribution in [0.3, 0.4) is 0 Å². The minimum absolute atomic E-state index is 0.0444. The third-order valence-corrected chi connectivity index (χ3v) is 3.44. The van der Waals surface area contributed by atoms with E-state index in [0.29, 0.717) is 11.1 Å². The van der Waals surface area contributed by atoms with E-state index in [1.807, 2.05) is 0 Å². The van der Waals surface area contributed by atoms with E-state index in [1.54, 1.807) is 67.6 Å². The first-order chi connectivity index (χ1) is 12.1. The van der Waals surface area contributed by atoms with Crippen LogP contribution in [0.25, 0.3) is 5.57 Å². The van der Waals surface area contributed by atoms with E-state index in [4.69, 9.17) is 9.47 Å². The molecule has 0 amide bonds. The van der Waals surface area contributed by atoms with Gasteiger partial charge in [0.05, 0.1) is 19.3 Å². The summed E-state index contributed by atoms with van der Waals surface area (Å²) in [6, 6.07) is 16.9. The lowest BCUT2D eigenvalue weighted by Gasteiger charge is -2.13. The Kier molecular flexibility index (Phi) is 6.23. The van der Waals surface area contributed by atoms with Crippen molar-refractivity contribution >= 4 is 23.3 Å². The summed E-state index contributed by atoms with van der Waals surface area (Å²) in [5.74, 6) is -2.26. The molecule has 0 heterocycles. The number of rotatable bonds is 6. The zero-order chi connectivity index (χ0) is 18.2. The highest BCUT2D eigenvalue weighted by atomic mass is 16.5. The molecule has 5 heteroatoms. The highest BCUT2D eigenvalue weighted by Crippen LogP contribution is 2.25. The Hall–Kier alpha value is -3.21. The van der Waals surface area contributed by atoms with Crippen LogP contribution in [-0.2, 0) is 19.1 Å². The summed E-state index contributed by atoms with van der Waals surface area (Å²) in [4.78, 5) is 37.6. The van der Waals surface area contributed by atoms with Crippen LogP contribution >= 0.6 is 0 Å². The molecule has 0 bridgehead atoms. The van der Waals surface area contributed by atoms with Crippen molar-refractivity contribution < 1.29 is 23.9 Å². The fraction of sp³-hybridized carbons (Fsp3) is 0.150. The molecule has 0 spiro atoms. The lowest BCUT2D eigenvalue weighted by atomic mass is 9.92. The van der Waals surface area contributed by atoms with E-state index in [1.165, 1.54) is 0 Å². The second-order valence-corrected chi connectivity index (χ2v) is 5.02. The van der Waals surface area contributed by atoms with Crippen LogP contribution in [0.4, 0.5) is 0 Å². The Bertz CT molecular complexity index is 791. The zero-order valence-electron chi connectivity index (χ0n) is 14.0. The first-order valence-electron chi connectivity index (χ1n) is 7.75. The molecule has 0 radical (unpaired) electrons. The van der Waals surface area contributed by atoms with Gasteiger partial charge in [0.25, 0.3) is 0 Å². The van der Waals surface area contributed by atoms with Gasteiger partial charge in [-0.05, 0) is 12.5 Å². The Balaban J connectivity index is 2.73. The van der Waals surface area contributed by atoms with Crippen molar-refractivity contribution in [2.45, 2.75) is 6.92 Å². The SMILES string of the molecule is CCOC(=O)/C(C(=O)OC)=C(/C(=O)c1ccccc1)c1ccccc1. The van der Waals surface area contributed by atoms with Crippen molar-refractivity contribution in [2.75, 3.05) is 13.7 Å². The van der Waals surface area contributed by atoms with Crippen molar-refractivity contribution in [2.24, 2.45) is 0 Å². The smallest absolute Gasteiger partial charge is 0.346 e. The summed E-state index contributed by atoms with van der Waals surface area (Å²) in [6.07, 6.45) is 0. The van der Waals surface area contributed by atoms with Crippen molar-refractivity contribution in [3.63, 3.8) is 0 Å². The molecule has 2 aromatic rings. The fourth-order valence-corrected chi connectivity index (χ4v) is 2.32. The number of esters is 2. The van der Waals surface area contributed by atoms with Crippen LogP contribution in [0.5, 0.6) is 0 Å². The van der Waals surface area contributed by atoms with Crippen molar-refractivity contribution in [1.29, 1.82) is 0 Å². The molecular formula is C20H18O5. The second-order valence-electron chi connectivity index (χ2n) is 5.02. The average Bonchev–Trinajstić information content (AvgIpc) is 2.66. The summed E-state index contributed by atoms with van der Waals surface area (Å²) >= 11 is 0. The zero-order valence-corrected chi connectivity index (χ0v) is 14.0. The van der Waals surface area contributed by atoms with Crippen molar-refractivity contribution in [3.8, 4) is 0 Å². The largest absolute Gasteiger partial charge is 0.465 e. The maximum Gasteiger partial charge on any atom is 0.346 e. The number of methoxy groups -OCH3 is 1. The monoisotopic (exact) mass is 338 g/mol. The number of hydrogen-bond acceptors (Lipinski definition) is 5. The highest BCUT2D eigenvalue weighted by molar-refractivity contribution is 6.38. The quantitative estimate of drug-likeness (QED) is 0.266. The van der Waals surface area contributed by atoms with E-state index < -0.39 is 23.3 Å². The maximum absolute atomic E-state index is 13.0. The van der Waals surface area contributed by atoms with Gasteiger partial charge in [0.2, 0.25) is 0 Å². The molecule has 0 aromatic heterocycles. The molecule has 5 nitrogen and oxygen atoms in total. The molecule has 128 valence electrons. The molecule has 2 aromatic carbocycles. The number of benzene rings is 2. The van der Waals surface area contributed by atoms with Gasteiger partial charge in [-0.3, -0.25) is 4.79 Å². The number of ether oxygens (including phenoxy) is 2. The van der Waals surface area contributed by atoms with Gasteiger partial charge in [-0.15, -0.1) is 0 Å². The van der Waals surface area contributed by atoms with Crippen molar-refractivity contribution in [1.82, 2.24) is 0 Å². The lowest BCUT2D eigenvalue weighted by molar-refractivity contribution is -0.145. The molecule has 25 heavy (non-hydrogen) atoms. The van der Waals surface area contributed by atoms with Gasteiger partial charge in [-0.1, -0.05) is 60.7 Å². The number of hydrogen-bond donors (Lipinski definition) is 0. The summed E-state index contributed by atoms with van der Waals surface area (Å²) < 4.78 is 9.68. The predicted octanol–water partition coefficient (Wildman–Crippen LogP) is 3.06. The van der Waals surface area contributed by atoms with Gasteiger partial charge in [0.15, 0.2) is 11.4 Å². The molecule has 0 aliphatic carbocycles. The molecule has 0 aliphatic rings. The normalized spacial score (nSPS) is 11.3. The number of allylic oxidation sites excluding steroid dienone is 1. The van der Waals surface area contributed by atoms with Gasteiger partial charge in [0, 0.05) is 5.56 Å².